The normalized spacial score (nSPS) is 19.2. The van der Waals surface area contributed by atoms with E-state index in [1.807, 2.05) is 30.3 Å². The summed E-state index contributed by atoms with van der Waals surface area (Å²) < 4.78 is 16.3. The van der Waals surface area contributed by atoms with Gasteiger partial charge in [0.05, 0.1) is 27.0 Å². The van der Waals surface area contributed by atoms with Crippen LogP contribution in [0.4, 0.5) is 5.69 Å². The molecule has 2 aromatic carbocycles. The van der Waals surface area contributed by atoms with Crippen molar-refractivity contribution in [2.24, 2.45) is 5.92 Å². The van der Waals surface area contributed by atoms with Gasteiger partial charge in [-0.3, -0.25) is 9.69 Å². The number of Topliss-reactive ketones (excluding diaryl/α,β-unsaturated/α-hetero) is 1. The van der Waals surface area contributed by atoms with E-state index >= 15 is 0 Å². The largest absolute Gasteiger partial charge is 0.495 e. The zero-order chi connectivity index (χ0) is 20.4. The van der Waals surface area contributed by atoms with Gasteiger partial charge in [0.2, 0.25) is 0 Å². The highest BCUT2D eigenvalue weighted by Gasteiger charge is 2.34. The van der Waals surface area contributed by atoms with Gasteiger partial charge in [-0.25, -0.2) is 0 Å². The van der Waals surface area contributed by atoms with Gasteiger partial charge < -0.3 is 19.1 Å². The SMILES string of the molecule is COc1cc2c(cc1OC)C(=O)C(CN1CCN(c3ccccc3OC)CC1)C2. The van der Waals surface area contributed by atoms with Crippen LogP contribution in [-0.2, 0) is 6.42 Å². The third-order valence-corrected chi connectivity index (χ3v) is 5.99. The van der Waals surface area contributed by atoms with Crippen molar-refractivity contribution >= 4 is 11.5 Å². The minimum atomic E-state index is -0.000348. The summed E-state index contributed by atoms with van der Waals surface area (Å²) in [6.45, 7) is 4.51. The zero-order valence-electron chi connectivity index (χ0n) is 17.3. The zero-order valence-corrected chi connectivity index (χ0v) is 17.3. The molecule has 29 heavy (non-hydrogen) atoms. The Kier molecular flexibility index (Phi) is 5.62. The second-order valence-corrected chi connectivity index (χ2v) is 7.59. The number of ketones is 1. The van der Waals surface area contributed by atoms with Gasteiger partial charge in [0.1, 0.15) is 5.75 Å². The van der Waals surface area contributed by atoms with Crippen LogP contribution in [0, 0.1) is 5.92 Å². The molecule has 1 atom stereocenters. The number of ether oxygens (including phenoxy) is 3. The summed E-state index contributed by atoms with van der Waals surface area (Å²) in [5.74, 6) is 2.42. The van der Waals surface area contributed by atoms with Gasteiger partial charge in [-0.05, 0) is 36.2 Å². The Morgan fingerprint density at radius 3 is 2.24 bits per heavy atom. The summed E-state index contributed by atoms with van der Waals surface area (Å²) in [5.41, 5.74) is 2.98. The van der Waals surface area contributed by atoms with Gasteiger partial charge in [0, 0.05) is 44.2 Å². The summed E-state index contributed by atoms with van der Waals surface area (Å²) in [6.07, 6.45) is 0.765. The summed E-state index contributed by atoms with van der Waals surface area (Å²) >= 11 is 0. The van der Waals surface area contributed by atoms with Crippen LogP contribution in [0.25, 0.3) is 0 Å². The van der Waals surface area contributed by atoms with Crippen LogP contribution < -0.4 is 19.1 Å². The van der Waals surface area contributed by atoms with Gasteiger partial charge in [-0.15, -0.1) is 0 Å². The molecule has 0 spiro atoms. The third kappa shape index (κ3) is 3.77. The van der Waals surface area contributed by atoms with Crippen LogP contribution in [0.1, 0.15) is 15.9 Å². The minimum absolute atomic E-state index is 0.000348. The molecule has 0 N–H and O–H groups in total. The molecular weight excluding hydrogens is 368 g/mol. The van der Waals surface area contributed by atoms with Crippen LogP contribution in [0.5, 0.6) is 17.2 Å². The molecule has 1 unspecified atom stereocenters. The number of methoxy groups -OCH3 is 3. The highest BCUT2D eigenvalue weighted by molar-refractivity contribution is 6.03. The average molecular weight is 396 g/mol. The summed E-state index contributed by atoms with van der Waals surface area (Å²) in [6, 6.07) is 11.9. The van der Waals surface area contributed by atoms with E-state index in [1.54, 1.807) is 21.3 Å². The van der Waals surface area contributed by atoms with Crippen molar-refractivity contribution in [1.29, 1.82) is 0 Å². The fourth-order valence-corrected chi connectivity index (χ4v) is 4.42. The first-order valence-corrected chi connectivity index (χ1v) is 10.0. The van der Waals surface area contributed by atoms with E-state index in [2.05, 4.69) is 15.9 Å². The first-order chi connectivity index (χ1) is 14.1. The number of anilines is 1. The van der Waals surface area contributed by atoms with Crippen LogP contribution in [0.3, 0.4) is 0 Å². The molecule has 0 aromatic heterocycles. The van der Waals surface area contributed by atoms with Gasteiger partial charge in [-0.2, -0.15) is 0 Å². The molecule has 1 saturated heterocycles. The molecule has 4 rings (SSSR count). The number of hydrogen-bond acceptors (Lipinski definition) is 6. The number of carbonyl (C=O) groups excluding carboxylic acids is 1. The number of hydrogen-bond donors (Lipinski definition) is 0. The Morgan fingerprint density at radius 2 is 1.55 bits per heavy atom. The number of fused-ring (bicyclic) bond motifs is 1. The summed E-state index contributed by atoms with van der Waals surface area (Å²) in [5, 5.41) is 0. The first kappa shape index (κ1) is 19.6. The molecule has 2 aromatic rings. The second-order valence-electron chi connectivity index (χ2n) is 7.59. The van der Waals surface area contributed by atoms with E-state index in [4.69, 9.17) is 14.2 Å². The first-order valence-electron chi connectivity index (χ1n) is 10.0. The van der Waals surface area contributed by atoms with Crippen molar-refractivity contribution in [2.45, 2.75) is 6.42 Å². The summed E-state index contributed by atoms with van der Waals surface area (Å²) in [4.78, 5) is 17.7. The molecule has 1 aliphatic carbocycles. The van der Waals surface area contributed by atoms with Crippen molar-refractivity contribution in [2.75, 3.05) is 59.0 Å². The predicted octanol–water partition coefficient (Wildman–Crippen LogP) is 2.89. The average Bonchev–Trinajstić information content (AvgIpc) is 3.07. The molecule has 2 aliphatic rings. The molecule has 1 aliphatic heterocycles. The van der Waals surface area contributed by atoms with E-state index in [0.717, 1.165) is 61.7 Å². The van der Waals surface area contributed by atoms with E-state index in [-0.39, 0.29) is 11.7 Å². The maximum absolute atomic E-state index is 13.0. The summed E-state index contributed by atoms with van der Waals surface area (Å²) in [7, 11) is 4.94. The smallest absolute Gasteiger partial charge is 0.167 e. The number of benzene rings is 2. The molecular formula is C23H28N2O4. The molecule has 0 amide bonds. The standard InChI is InChI=1S/C23H28N2O4/c1-27-20-7-5-4-6-19(20)25-10-8-24(9-11-25)15-17-12-16-13-21(28-2)22(29-3)14-18(16)23(17)26/h4-7,13-14,17H,8-12,15H2,1-3H3. The Morgan fingerprint density at radius 1 is 0.897 bits per heavy atom. The maximum Gasteiger partial charge on any atom is 0.167 e. The molecule has 1 fully saturated rings. The van der Waals surface area contributed by atoms with Crippen molar-refractivity contribution in [3.8, 4) is 17.2 Å². The van der Waals surface area contributed by atoms with Crippen molar-refractivity contribution in [1.82, 2.24) is 4.90 Å². The van der Waals surface area contributed by atoms with Gasteiger partial charge in [0.15, 0.2) is 17.3 Å². The second kappa shape index (κ2) is 8.33. The predicted molar refractivity (Wildman–Crippen MR) is 113 cm³/mol. The Hall–Kier alpha value is -2.73. The van der Waals surface area contributed by atoms with E-state index in [1.165, 1.54) is 0 Å². The van der Waals surface area contributed by atoms with Crippen molar-refractivity contribution < 1.29 is 19.0 Å². The highest BCUT2D eigenvalue weighted by atomic mass is 16.5. The Balaban J connectivity index is 1.39. The third-order valence-electron chi connectivity index (χ3n) is 5.99. The van der Waals surface area contributed by atoms with Crippen LogP contribution in [-0.4, -0.2) is 64.7 Å². The molecule has 0 bridgehead atoms. The lowest BCUT2D eigenvalue weighted by molar-refractivity contribution is 0.0896. The maximum atomic E-state index is 13.0. The van der Waals surface area contributed by atoms with Crippen LogP contribution in [0.15, 0.2) is 36.4 Å². The van der Waals surface area contributed by atoms with E-state index < -0.39 is 0 Å². The minimum Gasteiger partial charge on any atom is -0.495 e. The monoisotopic (exact) mass is 396 g/mol. The Labute approximate surface area is 172 Å². The topological polar surface area (TPSA) is 51.2 Å². The Bertz CT molecular complexity index is 890. The molecule has 6 nitrogen and oxygen atoms in total. The molecule has 0 saturated carbocycles. The number of para-hydroxylation sites is 2. The fourth-order valence-electron chi connectivity index (χ4n) is 4.42. The molecule has 154 valence electrons. The number of rotatable bonds is 6. The van der Waals surface area contributed by atoms with Crippen LogP contribution in [0.2, 0.25) is 0 Å². The van der Waals surface area contributed by atoms with Gasteiger partial charge >= 0.3 is 0 Å². The molecule has 1 heterocycles. The lowest BCUT2D eigenvalue weighted by Gasteiger charge is -2.37. The van der Waals surface area contributed by atoms with E-state index in [9.17, 15) is 4.79 Å². The quantitative estimate of drug-likeness (QED) is 0.748. The van der Waals surface area contributed by atoms with Gasteiger partial charge in [-0.1, -0.05) is 12.1 Å². The van der Waals surface area contributed by atoms with Crippen molar-refractivity contribution in [3.63, 3.8) is 0 Å². The number of carbonyl (C=O) groups is 1. The van der Waals surface area contributed by atoms with E-state index in [0.29, 0.717) is 11.5 Å². The molecule has 0 radical (unpaired) electrons. The van der Waals surface area contributed by atoms with Gasteiger partial charge in [0.25, 0.3) is 0 Å². The van der Waals surface area contributed by atoms with Crippen molar-refractivity contribution in [3.05, 3.63) is 47.5 Å². The lowest BCUT2D eigenvalue weighted by Crippen LogP contribution is -2.48. The lowest BCUT2D eigenvalue weighted by atomic mass is 10.0. The highest BCUT2D eigenvalue weighted by Crippen LogP contribution is 2.37. The molecule has 6 heteroatoms. The number of nitrogens with zero attached hydrogens (tertiary/aromatic N) is 2. The fraction of sp³-hybridized carbons (Fsp3) is 0.435. The number of piperazine rings is 1. The van der Waals surface area contributed by atoms with Crippen LogP contribution >= 0.6 is 0 Å².